The molecule has 0 aliphatic carbocycles. The number of nitro benzene ring substituents is 1. The van der Waals surface area contributed by atoms with Gasteiger partial charge in [-0.1, -0.05) is 0 Å². The topological polar surface area (TPSA) is 72.4 Å². The van der Waals surface area contributed by atoms with Gasteiger partial charge in [0.25, 0.3) is 5.69 Å². The van der Waals surface area contributed by atoms with Gasteiger partial charge in [0.2, 0.25) is 0 Å². The first-order valence-electron chi connectivity index (χ1n) is 6.64. The fourth-order valence-corrected chi connectivity index (χ4v) is 3.82. The van der Waals surface area contributed by atoms with Crippen molar-refractivity contribution in [3.8, 4) is 0 Å². The Morgan fingerprint density at radius 1 is 1.35 bits per heavy atom. The van der Waals surface area contributed by atoms with Crippen LogP contribution in [0.25, 0.3) is 0 Å². The molecule has 2 saturated heterocycles. The molecule has 2 heterocycles. The number of nitrogens with zero attached hydrogens (tertiary/aromatic N) is 2. The van der Waals surface area contributed by atoms with E-state index in [1.54, 1.807) is 0 Å². The minimum Gasteiger partial charge on any atom is -0.360 e. The summed E-state index contributed by atoms with van der Waals surface area (Å²) in [5.41, 5.74) is 6.35. The minimum atomic E-state index is -0.610. The van der Waals surface area contributed by atoms with Crippen molar-refractivity contribution in [2.24, 2.45) is 5.73 Å². The number of rotatable bonds is 2. The van der Waals surface area contributed by atoms with E-state index in [0.29, 0.717) is 5.69 Å². The van der Waals surface area contributed by atoms with Gasteiger partial charge < -0.3 is 10.6 Å². The number of hydrogen-bond acceptors (Lipinski definition) is 4. The Hall–Kier alpha value is -1.21. The van der Waals surface area contributed by atoms with Gasteiger partial charge in [-0.3, -0.25) is 10.1 Å². The second-order valence-electron chi connectivity index (χ2n) is 5.54. The van der Waals surface area contributed by atoms with E-state index in [9.17, 15) is 14.5 Å². The van der Waals surface area contributed by atoms with Crippen molar-refractivity contribution in [2.45, 2.75) is 43.8 Å². The van der Waals surface area contributed by atoms with Crippen molar-refractivity contribution in [1.82, 2.24) is 0 Å². The van der Waals surface area contributed by atoms with Gasteiger partial charge in [-0.15, -0.1) is 0 Å². The van der Waals surface area contributed by atoms with E-state index >= 15 is 0 Å². The first-order chi connectivity index (χ1) is 9.47. The molecular weight excluding hydrogens is 329 g/mol. The Labute approximate surface area is 124 Å². The monoisotopic (exact) mass is 343 g/mol. The second kappa shape index (κ2) is 4.96. The van der Waals surface area contributed by atoms with Crippen LogP contribution in [0.4, 0.5) is 15.8 Å². The quantitative estimate of drug-likeness (QED) is 0.661. The van der Waals surface area contributed by atoms with E-state index in [1.165, 1.54) is 6.07 Å². The van der Waals surface area contributed by atoms with Crippen LogP contribution in [0, 0.1) is 15.9 Å². The van der Waals surface area contributed by atoms with E-state index in [0.717, 1.165) is 31.7 Å². The first kappa shape index (κ1) is 13.8. The van der Waals surface area contributed by atoms with Gasteiger partial charge in [0.05, 0.1) is 15.5 Å². The lowest BCUT2D eigenvalue weighted by atomic mass is 9.97. The van der Waals surface area contributed by atoms with Crippen LogP contribution in [0.2, 0.25) is 0 Å². The molecule has 2 bridgehead atoms. The largest absolute Gasteiger partial charge is 0.360 e. The minimum absolute atomic E-state index is 0.159. The zero-order chi connectivity index (χ0) is 14.4. The first-order valence-corrected chi connectivity index (χ1v) is 7.44. The molecule has 108 valence electrons. The van der Waals surface area contributed by atoms with E-state index < -0.39 is 10.7 Å². The normalized spacial score (nSPS) is 28.8. The van der Waals surface area contributed by atoms with Crippen LogP contribution < -0.4 is 10.6 Å². The van der Waals surface area contributed by atoms with E-state index in [2.05, 4.69) is 20.8 Å². The van der Waals surface area contributed by atoms with Gasteiger partial charge >= 0.3 is 0 Å². The van der Waals surface area contributed by atoms with Gasteiger partial charge in [0, 0.05) is 18.1 Å². The molecule has 2 unspecified atom stereocenters. The molecule has 2 N–H and O–H groups in total. The smallest absolute Gasteiger partial charge is 0.295 e. The van der Waals surface area contributed by atoms with Crippen LogP contribution >= 0.6 is 15.9 Å². The molecule has 0 aromatic heterocycles. The molecule has 0 amide bonds. The van der Waals surface area contributed by atoms with Gasteiger partial charge in [-0.25, -0.2) is 4.39 Å². The Kier molecular flexibility index (Phi) is 3.41. The number of piperidine rings is 1. The lowest BCUT2D eigenvalue weighted by Crippen LogP contribution is -2.47. The molecule has 20 heavy (non-hydrogen) atoms. The summed E-state index contributed by atoms with van der Waals surface area (Å²) in [6, 6.07) is 3.12. The fraction of sp³-hybridized carbons (Fsp3) is 0.538. The number of fused-ring (bicyclic) bond motifs is 2. The average molecular weight is 344 g/mol. The van der Waals surface area contributed by atoms with E-state index in [4.69, 9.17) is 5.73 Å². The third-order valence-electron chi connectivity index (χ3n) is 4.26. The second-order valence-corrected chi connectivity index (χ2v) is 6.39. The third kappa shape index (κ3) is 2.18. The summed E-state index contributed by atoms with van der Waals surface area (Å²) in [5, 5.41) is 11.2. The summed E-state index contributed by atoms with van der Waals surface area (Å²) >= 11 is 3.12. The lowest BCUT2D eigenvalue weighted by Gasteiger charge is -2.39. The fourth-order valence-electron chi connectivity index (χ4n) is 3.49. The zero-order valence-electron chi connectivity index (χ0n) is 10.8. The Balaban J connectivity index is 2.06. The Morgan fingerprint density at radius 2 is 1.95 bits per heavy atom. The van der Waals surface area contributed by atoms with Crippen LogP contribution in [-0.2, 0) is 0 Å². The summed E-state index contributed by atoms with van der Waals surface area (Å²) in [6.45, 7) is 0. The maximum atomic E-state index is 13.6. The van der Waals surface area contributed by atoms with Crippen molar-refractivity contribution in [3.05, 3.63) is 32.5 Å². The third-order valence-corrected chi connectivity index (χ3v) is 4.87. The van der Waals surface area contributed by atoms with Crippen LogP contribution in [-0.4, -0.2) is 23.0 Å². The molecule has 0 radical (unpaired) electrons. The predicted octanol–water partition coefficient (Wildman–Crippen LogP) is 2.95. The molecule has 1 aromatic carbocycles. The summed E-state index contributed by atoms with van der Waals surface area (Å²) < 4.78 is 13.8. The van der Waals surface area contributed by atoms with Gasteiger partial charge in [0.15, 0.2) is 0 Å². The highest BCUT2D eigenvalue weighted by atomic mass is 79.9. The standard InChI is InChI=1S/C13H15BrFN3O2/c14-10-5-12(13(18(19)20)6-11(10)15)17-8-1-2-9(17)4-7(16)3-8/h5-9H,1-4,16H2. The maximum absolute atomic E-state index is 13.6. The van der Waals surface area contributed by atoms with Crippen molar-refractivity contribution in [2.75, 3.05) is 4.90 Å². The molecule has 5 nitrogen and oxygen atoms in total. The summed E-state index contributed by atoms with van der Waals surface area (Å²) in [5.74, 6) is -0.610. The molecule has 3 rings (SSSR count). The molecule has 7 heteroatoms. The maximum Gasteiger partial charge on any atom is 0.295 e. The van der Waals surface area contributed by atoms with Crippen LogP contribution in [0.15, 0.2) is 16.6 Å². The summed E-state index contributed by atoms with van der Waals surface area (Å²) in [6.07, 6.45) is 3.65. The lowest BCUT2D eigenvalue weighted by molar-refractivity contribution is -0.384. The molecular formula is C13H15BrFN3O2. The summed E-state index contributed by atoms with van der Waals surface area (Å²) in [7, 11) is 0. The molecule has 2 fully saturated rings. The highest BCUT2D eigenvalue weighted by Gasteiger charge is 2.42. The van der Waals surface area contributed by atoms with Crippen molar-refractivity contribution < 1.29 is 9.31 Å². The van der Waals surface area contributed by atoms with Crippen LogP contribution in [0.3, 0.4) is 0 Å². The molecule has 2 atom stereocenters. The SMILES string of the molecule is NC1CC2CCC(C1)N2c1cc(Br)c(F)cc1[N+](=O)[O-]. The molecule has 2 aliphatic heterocycles. The zero-order valence-corrected chi connectivity index (χ0v) is 12.3. The number of nitrogens with two attached hydrogens (primary N) is 1. The summed E-state index contributed by atoms with van der Waals surface area (Å²) in [4.78, 5) is 12.8. The van der Waals surface area contributed by atoms with Gasteiger partial charge in [-0.05, 0) is 47.7 Å². The Bertz CT molecular complexity index is 555. The highest BCUT2D eigenvalue weighted by molar-refractivity contribution is 9.10. The Morgan fingerprint density at radius 3 is 2.50 bits per heavy atom. The highest BCUT2D eigenvalue weighted by Crippen LogP contribution is 2.43. The number of anilines is 1. The predicted molar refractivity (Wildman–Crippen MR) is 77.3 cm³/mol. The number of nitro groups is 1. The number of halogens is 2. The molecule has 2 aliphatic rings. The van der Waals surface area contributed by atoms with Crippen LogP contribution in [0.1, 0.15) is 25.7 Å². The van der Waals surface area contributed by atoms with Crippen LogP contribution in [0.5, 0.6) is 0 Å². The van der Waals surface area contributed by atoms with Crippen molar-refractivity contribution >= 4 is 27.3 Å². The van der Waals surface area contributed by atoms with E-state index in [1.807, 2.05) is 0 Å². The van der Waals surface area contributed by atoms with Gasteiger partial charge in [-0.2, -0.15) is 0 Å². The molecule has 0 spiro atoms. The van der Waals surface area contributed by atoms with Crippen molar-refractivity contribution in [3.63, 3.8) is 0 Å². The molecule has 1 aromatic rings. The average Bonchev–Trinajstić information content (AvgIpc) is 2.64. The van der Waals surface area contributed by atoms with E-state index in [-0.39, 0.29) is 28.3 Å². The number of benzene rings is 1. The molecule has 0 saturated carbocycles. The number of hydrogen-bond donors (Lipinski definition) is 1. The van der Waals surface area contributed by atoms with Crippen molar-refractivity contribution in [1.29, 1.82) is 0 Å². The van der Waals surface area contributed by atoms with Gasteiger partial charge in [0.1, 0.15) is 11.5 Å².